The average molecular weight is 323 g/mol. The van der Waals surface area contributed by atoms with E-state index in [0.717, 1.165) is 41.3 Å². The molecule has 1 unspecified atom stereocenters. The second-order valence-corrected chi connectivity index (χ2v) is 6.46. The molecule has 1 nitrogen and oxygen atoms in total. The number of benzene rings is 1. The summed E-state index contributed by atoms with van der Waals surface area (Å²) in [5, 5.41) is 15.3. The molecule has 0 saturated heterocycles. The van der Waals surface area contributed by atoms with Crippen molar-refractivity contribution in [2.24, 2.45) is 0 Å². The van der Waals surface area contributed by atoms with Crippen molar-refractivity contribution in [1.82, 2.24) is 0 Å². The third-order valence-electron chi connectivity index (χ3n) is 3.76. The van der Waals surface area contributed by atoms with Crippen LogP contribution in [0.3, 0.4) is 0 Å². The van der Waals surface area contributed by atoms with Gasteiger partial charge < -0.3 is 5.11 Å². The Morgan fingerprint density at radius 2 is 1.94 bits per heavy atom. The van der Waals surface area contributed by atoms with Crippen LogP contribution < -0.4 is 0 Å². The van der Waals surface area contributed by atoms with Gasteiger partial charge in [0, 0.05) is 15.4 Å². The van der Waals surface area contributed by atoms with E-state index in [2.05, 4.69) is 39.5 Å². The van der Waals surface area contributed by atoms with E-state index in [1.54, 1.807) is 11.3 Å². The molecule has 1 atom stereocenters. The monoisotopic (exact) mass is 322 g/mol. The molecule has 0 amide bonds. The van der Waals surface area contributed by atoms with E-state index in [9.17, 15) is 5.11 Å². The molecule has 0 saturated carbocycles. The normalized spacial score (nSPS) is 23.4. The van der Waals surface area contributed by atoms with Crippen LogP contribution in [0, 0.1) is 0 Å². The predicted molar refractivity (Wildman–Crippen MR) is 79.0 cm³/mol. The predicted octanol–water partition coefficient (Wildman–Crippen LogP) is 4.47. The van der Waals surface area contributed by atoms with Crippen LogP contribution in [0.25, 0.3) is 0 Å². The van der Waals surface area contributed by atoms with Crippen LogP contribution in [0.2, 0.25) is 0 Å². The largest absolute Gasteiger partial charge is 0.380 e. The lowest BCUT2D eigenvalue weighted by Crippen LogP contribution is -2.27. The van der Waals surface area contributed by atoms with Crippen LogP contribution in [0.1, 0.15) is 36.0 Å². The van der Waals surface area contributed by atoms with E-state index < -0.39 is 5.60 Å². The Bertz CT molecular complexity index is 563. The summed E-state index contributed by atoms with van der Waals surface area (Å²) in [4.78, 5) is 0. The zero-order valence-electron chi connectivity index (χ0n) is 10.0. The topological polar surface area (TPSA) is 20.2 Å². The SMILES string of the molecule is OC1(c2cscc2Br)CCCCc2ccccc21. The maximum Gasteiger partial charge on any atom is 0.117 e. The summed E-state index contributed by atoms with van der Waals surface area (Å²) in [6.45, 7) is 0. The van der Waals surface area contributed by atoms with Gasteiger partial charge >= 0.3 is 0 Å². The molecule has 94 valence electrons. The Labute approximate surface area is 120 Å². The van der Waals surface area contributed by atoms with Gasteiger partial charge in [0.25, 0.3) is 0 Å². The molecule has 0 radical (unpaired) electrons. The van der Waals surface area contributed by atoms with Crippen molar-refractivity contribution in [3.63, 3.8) is 0 Å². The van der Waals surface area contributed by atoms with Gasteiger partial charge in [-0.3, -0.25) is 0 Å². The molecule has 2 aromatic rings. The van der Waals surface area contributed by atoms with E-state index in [1.807, 2.05) is 11.4 Å². The van der Waals surface area contributed by atoms with Crippen molar-refractivity contribution < 1.29 is 5.11 Å². The first kappa shape index (κ1) is 12.4. The van der Waals surface area contributed by atoms with Crippen LogP contribution in [0.5, 0.6) is 0 Å². The highest BCUT2D eigenvalue weighted by atomic mass is 79.9. The Balaban J connectivity index is 2.19. The summed E-state index contributed by atoms with van der Waals surface area (Å²) < 4.78 is 1.02. The first-order valence-corrected chi connectivity index (χ1v) is 7.98. The third-order valence-corrected chi connectivity index (χ3v) is 5.46. The maximum atomic E-state index is 11.2. The molecule has 0 aliphatic heterocycles. The Morgan fingerprint density at radius 1 is 1.11 bits per heavy atom. The van der Waals surface area contributed by atoms with Crippen molar-refractivity contribution in [2.75, 3.05) is 0 Å². The van der Waals surface area contributed by atoms with Crippen LogP contribution in [-0.4, -0.2) is 5.11 Å². The van der Waals surface area contributed by atoms with Gasteiger partial charge in [-0.1, -0.05) is 24.3 Å². The quantitative estimate of drug-likeness (QED) is 0.768. The standard InChI is InChI=1S/C15H15BrOS/c16-14-10-18-9-13(14)15(17)8-4-3-6-11-5-1-2-7-12(11)15/h1-2,5,7,9-10,17H,3-4,6,8H2. The zero-order valence-corrected chi connectivity index (χ0v) is 12.4. The van der Waals surface area contributed by atoms with Crippen molar-refractivity contribution >= 4 is 27.3 Å². The summed E-state index contributed by atoms with van der Waals surface area (Å²) in [6, 6.07) is 8.30. The van der Waals surface area contributed by atoms with Gasteiger partial charge in [0.05, 0.1) is 0 Å². The molecule has 1 aromatic heterocycles. The molecule has 1 aromatic carbocycles. The zero-order chi connectivity index (χ0) is 12.6. The highest BCUT2D eigenvalue weighted by molar-refractivity contribution is 9.10. The van der Waals surface area contributed by atoms with E-state index in [4.69, 9.17) is 0 Å². The highest BCUT2D eigenvalue weighted by Gasteiger charge is 2.36. The van der Waals surface area contributed by atoms with Crippen LogP contribution in [0.4, 0.5) is 0 Å². The second kappa shape index (κ2) is 4.80. The number of hydrogen-bond donors (Lipinski definition) is 1. The van der Waals surface area contributed by atoms with E-state index >= 15 is 0 Å². The van der Waals surface area contributed by atoms with Crippen molar-refractivity contribution in [3.8, 4) is 0 Å². The number of rotatable bonds is 1. The second-order valence-electron chi connectivity index (χ2n) is 4.86. The molecule has 0 bridgehead atoms. The van der Waals surface area contributed by atoms with Gasteiger partial charge in [0.2, 0.25) is 0 Å². The molecule has 18 heavy (non-hydrogen) atoms. The number of hydrogen-bond acceptors (Lipinski definition) is 2. The molecule has 1 aliphatic rings. The van der Waals surface area contributed by atoms with Crippen LogP contribution in [-0.2, 0) is 12.0 Å². The Morgan fingerprint density at radius 3 is 2.72 bits per heavy atom. The molecule has 3 heteroatoms. The first-order chi connectivity index (χ1) is 8.72. The van der Waals surface area contributed by atoms with Crippen molar-refractivity contribution in [3.05, 3.63) is 56.2 Å². The first-order valence-electron chi connectivity index (χ1n) is 6.25. The fourth-order valence-corrected chi connectivity index (χ4v) is 4.52. The molecule has 1 heterocycles. The van der Waals surface area contributed by atoms with Gasteiger partial charge in [-0.2, -0.15) is 11.3 Å². The van der Waals surface area contributed by atoms with Gasteiger partial charge in [-0.05, 0) is 58.1 Å². The molecular weight excluding hydrogens is 308 g/mol. The summed E-state index contributed by atoms with van der Waals surface area (Å²) in [6.07, 6.45) is 4.09. The highest BCUT2D eigenvalue weighted by Crippen LogP contribution is 2.43. The Kier molecular flexibility index (Phi) is 3.31. The molecule has 1 aliphatic carbocycles. The molecule has 0 fully saturated rings. The van der Waals surface area contributed by atoms with Crippen LogP contribution >= 0.6 is 27.3 Å². The third kappa shape index (κ3) is 1.94. The lowest BCUT2D eigenvalue weighted by atomic mass is 9.83. The maximum absolute atomic E-state index is 11.2. The summed E-state index contributed by atoms with van der Waals surface area (Å²) >= 11 is 5.20. The lowest BCUT2D eigenvalue weighted by Gasteiger charge is -2.29. The Hall–Kier alpha value is -0.640. The van der Waals surface area contributed by atoms with Crippen molar-refractivity contribution in [2.45, 2.75) is 31.3 Å². The number of halogens is 1. The van der Waals surface area contributed by atoms with Gasteiger partial charge in [0.1, 0.15) is 5.60 Å². The summed E-state index contributed by atoms with van der Waals surface area (Å²) in [7, 11) is 0. The van der Waals surface area contributed by atoms with Gasteiger partial charge in [-0.25, -0.2) is 0 Å². The average Bonchev–Trinajstić information content (AvgIpc) is 2.74. The summed E-state index contributed by atoms with van der Waals surface area (Å²) in [5.41, 5.74) is 2.56. The van der Waals surface area contributed by atoms with Crippen LogP contribution in [0.15, 0.2) is 39.5 Å². The number of aliphatic hydroxyl groups is 1. The number of aryl methyl sites for hydroxylation is 1. The molecule has 0 spiro atoms. The van der Waals surface area contributed by atoms with Gasteiger partial charge in [-0.15, -0.1) is 0 Å². The smallest absolute Gasteiger partial charge is 0.117 e. The van der Waals surface area contributed by atoms with E-state index in [-0.39, 0.29) is 0 Å². The fraction of sp³-hybridized carbons (Fsp3) is 0.333. The summed E-state index contributed by atoms with van der Waals surface area (Å²) in [5.74, 6) is 0. The minimum Gasteiger partial charge on any atom is -0.380 e. The minimum absolute atomic E-state index is 0.805. The fourth-order valence-electron chi connectivity index (χ4n) is 2.83. The number of fused-ring (bicyclic) bond motifs is 1. The minimum atomic E-state index is -0.827. The van der Waals surface area contributed by atoms with E-state index in [0.29, 0.717) is 0 Å². The lowest BCUT2D eigenvalue weighted by molar-refractivity contribution is 0.0702. The van der Waals surface area contributed by atoms with E-state index in [1.165, 1.54) is 5.56 Å². The molecule has 1 N–H and O–H groups in total. The number of thiophene rings is 1. The molecule has 3 rings (SSSR count). The molecular formula is C15H15BrOS. The van der Waals surface area contributed by atoms with Crippen molar-refractivity contribution in [1.29, 1.82) is 0 Å². The van der Waals surface area contributed by atoms with Gasteiger partial charge in [0.15, 0.2) is 0 Å².